The molecular weight excluding hydrogens is 470 g/mol. The average Bonchev–Trinajstić information content (AvgIpc) is 2.88. The van der Waals surface area contributed by atoms with Crippen LogP contribution in [0.2, 0.25) is 0 Å². The standard InChI is InChI=1S/C27H30F2N2O3S/c1-34-19-7-9-25-21(16-19)20(10-12-30-25)23(28)8-6-18-11-13-31(17-22(18)27(32)33)14-15-35-26-5-3-2-4-24(26)29/h2-5,7,9-10,12,16,18,22-23H,6,8,11,13-15,17H2,1H3,(H,32,33)/t18-,22+,23+/m1/s1. The average molecular weight is 501 g/mol. The highest BCUT2D eigenvalue weighted by Crippen LogP contribution is 2.35. The number of nitrogens with zero attached hydrogens (tertiary/aromatic N) is 2. The number of carbonyl (C=O) groups is 1. The number of aromatic nitrogens is 1. The van der Waals surface area contributed by atoms with Crippen molar-refractivity contribution in [3.63, 3.8) is 0 Å². The predicted molar refractivity (Wildman–Crippen MR) is 134 cm³/mol. The van der Waals surface area contributed by atoms with E-state index in [9.17, 15) is 14.3 Å². The van der Waals surface area contributed by atoms with E-state index in [1.54, 1.807) is 49.7 Å². The maximum atomic E-state index is 15.4. The molecule has 186 valence electrons. The second kappa shape index (κ2) is 11.8. The number of piperidine rings is 1. The number of ether oxygens (including phenoxy) is 1. The van der Waals surface area contributed by atoms with Crippen molar-refractivity contribution in [1.29, 1.82) is 0 Å². The summed E-state index contributed by atoms with van der Waals surface area (Å²) in [6.45, 7) is 1.88. The summed E-state index contributed by atoms with van der Waals surface area (Å²) in [6, 6.07) is 13.8. The van der Waals surface area contributed by atoms with Crippen LogP contribution in [0.15, 0.2) is 59.6 Å². The van der Waals surface area contributed by atoms with Crippen LogP contribution in [-0.2, 0) is 4.79 Å². The van der Waals surface area contributed by atoms with E-state index in [0.717, 1.165) is 11.9 Å². The predicted octanol–water partition coefficient (Wildman–Crippen LogP) is 5.99. The third kappa shape index (κ3) is 6.30. The summed E-state index contributed by atoms with van der Waals surface area (Å²) in [6.07, 6.45) is 1.86. The molecule has 0 aliphatic carbocycles. The number of fused-ring (bicyclic) bond motifs is 1. The Morgan fingerprint density at radius 1 is 1.29 bits per heavy atom. The van der Waals surface area contributed by atoms with Gasteiger partial charge in [-0.3, -0.25) is 9.78 Å². The Morgan fingerprint density at radius 3 is 2.89 bits per heavy atom. The summed E-state index contributed by atoms with van der Waals surface area (Å²) < 4.78 is 34.5. The zero-order valence-electron chi connectivity index (χ0n) is 19.7. The summed E-state index contributed by atoms with van der Waals surface area (Å²) in [7, 11) is 1.57. The fourth-order valence-electron chi connectivity index (χ4n) is 4.81. The van der Waals surface area contributed by atoms with Crippen LogP contribution in [0.5, 0.6) is 5.75 Å². The first-order valence-corrected chi connectivity index (χ1v) is 12.8. The van der Waals surface area contributed by atoms with Crippen molar-refractivity contribution in [2.45, 2.75) is 30.3 Å². The minimum absolute atomic E-state index is 0.0798. The van der Waals surface area contributed by atoms with Crippen molar-refractivity contribution >= 4 is 28.6 Å². The Balaban J connectivity index is 1.34. The van der Waals surface area contributed by atoms with Crippen molar-refractivity contribution in [3.8, 4) is 5.75 Å². The van der Waals surface area contributed by atoms with Gasteiger partial charge >= 0.3 is 5.97 Å². The van der Waals surface area contributed by atoms with E-state index in [0.29, 0.717) is 53.4 Å². The minimum atomic E-state index is -1.21. The molecule has 1 N–H and O–H groups in total. The first-order chi connectivity index (χ1) is 17.0. The van der Waals surface area contributed by atoms with E-state index in [1.807, 2.05) is 6.07 Å². The zero-order chi connectivity index (χ0) is 24.8. The molecule has 0 amide bonds. The highest BCUT2D eigenvalue weighted by molar-refractivity contribution is 7.99. The second-order valence-electron chi connectivity index (χ2n) is 8.90. The largest absolute Gasteiger partial charge is 0.497 e. The van der Waals surface area contributed by atoms with Gasteiger partial charge in [-0.15, -0.1) is 11.8 Å². The molecule has 1 saturated heterocycles. The summed E-state index contributed by atoms with van der Waals surface area (Å²) >= 11 is 1.44. The first-order valence-electron chi connectivity index (χ1n) is 11.9. The van der Waals surface area contributed by atoms with Gasteiger partial charge in [0.1, 0.15) is 17.7 Å². The van der Waals surface area contributed by atoms with Gasteiger partial charge in [-0.2, -0.15) is 0 Å². The molecule has 1 aliphatic rings. The Kier molecular flexibility index (Phi) is 8.57. The van der Waals surface area contributed by atoms with Crippen LogP contribution in [0.4, 0.5) is 8.78 Å². The van der Waals surface area contributed by atoms with E-state index in [1.165, 1.54) is 17.8 Å². The van der Waals surface area contributed by atoms with Crippen molar-refractivity contribution < 1.29 is 23.4 Å². The Hall–Kier alpha value is -2.71. The summed E-state index contributed by atoms with van der Waals surface area (Å²) in [5, 5.41) is 10.6. The highest BCUT2D eigenvalue weighted by atomic mass is 32.2. The van der Waals surface area contributed by atoms with Gasteiger partial charge in [0.25, 0.3) is 0 Å². The number of carboxylic acids is 1. The van der Waals surface area contributed by atoms with Gasteiger partial charge < -0.3 is 14.7 Å². The number of benzene rings is 2. The number of hydrogen-bond acceptors (Lipinski definition) is 5. The lowest BCUT2D eigenvalue weighted by Crippen LogP contribution is -2.44. The van der Waals surface area contributed by atoms with Crippen LogP contribution in [0.25, 0.3) is 10.9 Å². The number of pyridine rings is 1. The Morgan fingerprint density at radius 2 is 2.11 bits per heavy atom. The van der Waals surface area contributed by atoms with Gasteiger partial charge in [-0.05, 0) is 73.7 Å². The molecule has 0 unspecified atom stereocenters. The molecule has 1 aliphatic heterocycles. The number of methoxy groups -OCH3 is 1. The number of rotatable bonds is 10. The van der Waals surface area contributed by atoms with Crippen LogP contribution >= 0.6 is 11.8 Å². The number of aliphatic carboxylic acids is 1. The third-order valence-corrected chi connectivity index (χ3v) is 7.80. The van der Waals surface area contributed by atoms with Crippen molar-refractivity contribution in [2.24, 2.45) is 11.8 Å². The molecule has 1 aromatic heterocycles. The van der Waals surface area contributed by atoms with Crippen molar-refractivity contribution in [3.05, 3.63) is 66.1 Å². The van der Waals surface area contributed by atoms with Crippen LogP contribution in [0.1, 0.15) is 31.0 Å². The lowest BCUT2D eigenvalue weighted by Gasteiger charge is -2.36. The molecular formula is C27H30F2N2O3S. The topological polar surface area (TPSA) is 62.7 Å². The summed E-state index contributed by atoms with van der Waals surface area (Å²) in [5.74, 6) is -0.363. The van der Waals surface area contributed by atoms with Crippen LogP contribution < -0.4 is 4.74 Å². The molecule has 4 rings (SSSR count). The number of thioether (sulfide) groups is 1. The molecule has 2 heterocycles. The molecule has 1 fully saturated rings. The van der Waals surface area contributed by atoms with Crippen LogP contribution in [-0.4, -0.2) is 53.5 Å². The molecule has 3 aromatic rings. The van der Waals surface area contributed by atoms with Gasteiger partial charge in [0.15, 0.2) is 0 Å². The lowest BCUT2D eigenvalue weighted by atomic mass is 9.81. The molecule has 0 radical (unpaired) electrons. The molecule has 8 heteroatoms. The molecule has 2 aromatic carbocycles. The fourth-order valence-corrected chi connectivity index (χ4v) is 5.76. The molecule has 0 saturated carbocycles. The SMILES string of the molecule is COc1ccc2nccc([C@@H](F)CC[C@@H]3CCN(CCSc4ccccc4F)C[C@@H]3C(=O)O)c2c1. The molecule has 3 atom stereocenters. The summed E-state index contributed by atoms with van der Waals surface area (Å²) in [4.78, 5) is 19.1. The van der Waals surface area contributed by atoms with Gasteiger partial charge in [0, 0.05) is 35.3 Å². The van der Waals surface area contributed by atoms with E-state index in [2.05, 4.69) is 9.88 Å². The minimum Gasteiger partial charge on any atom is -0.497 e. The number of hydrogen-bond donors (Lipinski definition) is 1. The number of carboxylic acid groups (broad SMARTS) is 1. The fraction of sp³-hybridized carbons (Fsp3) is 0.407. The van der Waals surface area contributed by atoms with Crippen molar-refractivity contribution in [1.82, 2.24) is 9.88 Å². The molecule has 0 bridgehead atoms. The van der Waals surface area contributed by atoms with Crippen LogP contribution in [0.3, 0.4) is 0 Å². The maximum Gasteiger partial charge on any atom is 0.308 e. The maximum absolute atomic E-state index is 15.4. The van der Waals surface area contributed by atoms with Gasteiger partial charge in [-0.25, -0.2) is 8.78 Å². The Labute approximate surface area is 208 Å². The monoisotopic (exact) mass is 500 g/mol. The smallest absolute Gasteiger partial charge is 0.308 e. The number of alkyl halides is 1. The highest BCUT2D eigenvalue weighted by Gasteiger charge is 2.34. The van der Waals surface area contributed by atoms with E-state index >= 15 is 4.39 Å². The summed E-state index contributed by atoms with van der Waals surface area (Å²) in [5.41, 5.74) is 1.26. The lowest BCUT2D eigenvalue weighted by molar-refractivity contribution is -0.146. The number of likely N-dealkylation sites (tertiary alicyclic amines) is 1. The zero-order valence-corrected chi connectivity index (χ0v) is 20.5. The molecule has 5 nitrogen and oxygen atoms in total. The number of halogens is 2. The van der Waals surface area contributed by atoms with E-state index in [-0.39, 0.29) is 18.2 Å². The van der Waals surface area contributed by atoms with Gasteiger partial charge in [-0.1, -0.05) is 12.1 Å². The molecule has 0 spiro atoms. The second-order valence-corrected chi connectivity index (χ2v) is 10.0. The van der Waals surface area contributed by atoms with Crippen LogP contribution in [0, 0.1) is 17.7 Å². The Bertz CT molecular complexity index is 1160. The van der Waals surface area contributed by atoms with Gasteiger partial charge in [0.2, 0.25) is 0 Å². The normalized spacial score (nSPS) is 19.5. The van der Waals surface area contributed by atoms with E-state index < -0.39 is 18.1 Å². The molecule has 35 heavy (non-hydrogen) atoms. The van der Waals surface area contributed by atoms with Crippen molar-refractivity contribution in [2.75, 3.05) is 32.5 Å². The van der Waals surface area contributed by atoms with E-state index in [4.69, 9.17) is 4.74 Å². The van der Waals surface area contributed by atoms with Gasteiger partial charge in [0.05, 0.1) is 18.5 Å². The quantitative estimate of drug-likeness (QED) is 0.345. The first kappa shape index (κ1) is 25.4. The third-order valence-electron chi connectivity index (χ3n) is 6.77.